The fourth-order valence-corrected chi connectivity index (χ4v) is 1.63. The van der Waals surface area contributed by atoms with E-state index in [1.54, 1.807) is 13.8 Å². The number of aromatic nitrogens is 4. The van der Waals surface area contributed by atoms with Crippen molar-refractivity contribution in [3.05, 3.63) is 26.7 Å². The van der Waals surface area contributed by atoms with E-state index in [9.17, 15) is 14.4 Å². The normalized spacial score (nSPS) is 10.8. The van der Waals surface area contributed by atoms with Crippen LogP contribution < -0.4 is 11.2 Å². The molecule has 2 heterocycles. The SMILES string of the molecule is CCOC(=O)c1nc2c([nH]1)c(=O)[nH]c(=O)n2CC. The molecule has 8 heteroatoms. The molecule has 0 unspecified atom stereocenters. The molecule has 2 N–H and O–H groups in total. The van der Waals surface area contributed by atoms with Gasteiger partial charge in [-0.2, -0.15) is 0 Å². The number of rotatable bonds is 3. The monoisotopic (exact) mass is 252 g/mol. The summed E-state index contributed by atoms with van der Waals surface area (Å²) in [5.41, 5.74) is -0.937. The number of hydrogen-bond acceptors (Lipinski definition) is 5. The topological polar surface area (TPSA) is 110 Å². The highest BCUT2D eigenvalue weighted by Gasteiger charge is 2.17. The van der Waals surface area contributed by atoms with Gasteiger partial charge in [0.2, 0.25) is 5.82 Å². The first-order valence-electron chi connectivity index (χ1n) is 5.48. The first-order valence-corrected chi connectivity index (χ1v) is 5.48. The molecule has 0 bridgehead atoms. The van der Waals surface area contributed by atoms with Crippen LogP contribution in [0.4, 0.5) is 0 Å². The number of carbonyl (C=O) groups is 1. The van der Waals surface area contributed by atoms with Crippen LogP contribution in [0, 0.1) is 0 Å². The second kappa shape index (κ2) is 4.47. The van der Waals surface area contributed by atoms with Gasteiger partial charge >= 0.3 is 11.7 Å². The zero-order valence-corrected chi connectivity index (χ0v) is 9.94. The van der Waals surface area contributed by atoms with Crippen molar-refractivity contribution in [3.8, 4) is 0 Å². The Hall–Kier alpha value is -2.38. The van der Waals surface area contributed by atoms with E-state index in [2.05, 4.69) is 15.0 Å². The van der Waals surface area contributed by atoms with Crippen molar-refractivity contribution in [3.63, 3.8) is 0 Å². The highest BCUT2D eigenvalue weighted by Crippen LogP contribution is 2.05. The molecule has 18 heavy (non-hydrogen) atoms. The number of carbonyl (C=O) groups excluding carboxylic acids is 1. The number of nitrogens with zero attached hydrogens (tertiary/aromatic N) is 2. The third kappa shape index (κ3) is 1.81. The van der Waals surface area contributed by atoms with E-state index in [4.69, 9.17) is 4.74 Å². The lowest BCUT2D eigenvalue weighted by Gasteiger charge is -1.99. The average molecular weight is 252 g/mol. The van der Waals surface area contributed by atoms with E-state index < -0.39 is 17.2 Å². The van der Waals surface area contributed by atoms with E-state index in [0.717, 1.165) is 0 Å². The summed E-state index contributed by atoms with van der Waals surface area (Å²) < 4.78 is 6.03. The summed E-state index contributed by atoms with van der Waals surface area (Å²) in [4.78, 5) is 43.2. The number of fused-ring (bicyclic) bond motifs is 1. The molecule has 2 aromatic heterocycles. The molecule has 0 aliphatic heterocycles. The van der Waals surface area contributed by atoms with Gasteiger partial charge in [0.05, 0.1) is 6.61 Å². The first-order chi connectivity index (χ1) is 8.58. The number of nitrogens with one attached hydrogen (secondary N) is 2. The molecule has 0 atom stereocenters. The van der Waals surface area contributed by atoms with Gasteiger partial charge in [-0.15, -0.1) is 0 Å². The van der Waals surface area contributed by atoms with Crippen LogP contribution in [0.5, 0.6) is 0 Å². The van der Waals surface area contributed by atoms with Crippen molar-refractivity contribution in [2.75, 3.05) is 6.61 Å². The summed E-state index contributed by atoms with van der Waals surface area (Å²) in [5, 5.41) is 0. The number of ether oxygens (including phenoxy) is 1. The summed E-state index contributed by atoms with van der Waals surface area (Å²) in [6.45, 7) is 3.93. The number of hydrogen-bond donors (Lipinski definition) is 2. The highest BCUT2D eigenvalue weighted by atomic mass is 16.5. The molecular formula is C10H12N4O4. The van der Waals surface area contributed by atoms with Gasteiger partial charge in [0.15, 0.2) is 5.65 Å². The molecule has 8 nitrogen and oxygen atoms in total. The molecule has 0 radical (unpaired) electrons. The number of H-pyrrole nitrogens is 2. The lowest BCUT2D eigenvalue weighted by atomic mass is 10.5. The van der Waals surface area contributed by atoms with Gasteiger partial charge in [0.25, 0.3) is 5.56 Å². The van der Waals surface area contributed by atoms with Crippen molar-refractivity contribution in [2.24, 2.45) is 0 Å². The predicted molar refractivity (Wildman–Crippen MR) is 62.6 cm³/mol. The Morgan fingerprint density at radius 3 is 2.67 bits per heavy atom. The second-order valence-corrected chi connectivity index (χ2v) is 3.51. The fourth-order valence-electron chi connectivity index (χ4n) is 1.63. The number of esters is 1. The smallest absolute Gasteiger partial charge is 0.374 e. The van der Waals surface area contributed by atoms with Crippen LogP contribution in [-0.4, -0.2) is 32.1 Å². The number of aromatic amines is 2. The average Bonchev–Trinajstić information content (AvgIpc) is 2.75. The molecule has 0 aliphatic carbocycles. The summed E-state index contributed by atoms with van der Waals surface area (Å²) >= 11 is 0. The van der Waals surface area contributed by atoms with Gasteiger partial charge in [0.1, 0.15) is 5.52 Å². The maximum absolute atomic E-state index is 11.6. The van der Waals surface area contributed by atoms with E-state index in [1.807, 2.05) is 0 Å². The minimum absolute atomic E-state index is 0.0829. The Morgan fingerprint density at radius 2 is 2.06 bits per heavy atom. The van der Waals surface area contributed by atoms with Crippen LogP contribution in [0.1, 0.15) is 24.5 Å². The minimum Gasteiger partial charge on any atom is -0.460 e. The molecule has 0 saturated carbocycles. The highest BCUT2D eigenvalue weighted by molar-refractivity contribution is 5.89. The summed E-state index contributed by atoms with van der Waals surface area (Å²) in [6, 6.07) is 0. The van der Waals surface area contributed by atoms with Crippen LogP contribution in [0.2, 0.25) is 0 Å². The van der Waals surface area contributed by atoms with E-state index in [0.29, 0.717) is 6.54 Å². The zero-order chi connectivity index (χ0) is 13.3. The standard InChI is InChI=1S/C10H12N4O4/c1-3-14-7-5(8(15)13-10(14)17)11-6(12-7)9(16)18-4-2/h3-4H2,1-2H3,(H,11,12)(H,13,15,17). The van der Waals surface area contributed by atoms with Crippen molar-refractivity contribution in [2.45, 2.75) is 20.4 Å². The van der Waals surface area contributed by atoms with Crippen LogP contribution in [0.25, 0.3) is 11.2 Å². The van der Waals surface area contributed by atoms with E-state index in [-0.39, 0.29) is 23.6 Å². The first kappa shape index (κ1) is 12.1. The Labute approximate surface area is 101 Å². The Balaban J connectivity index is 2.71. The Morgan fingerprint density at radius 1 is 1.33 bits per heavy atom. The maximum Gasteiger partial charge on any atom is 0.374 e. The molecule has 2 aromatic rings. The van der Waals surface area contributed by atoms with Gasteiger partial charge in [0, 0.05) is 6.54 Å². The van der Waals surface area contributed by atoms with Gasteiger partial charge in [-0.3, -0.25) is 14.3 Å². The Bertz CT molecular complexity index is 709. The van der Waals surface area contributed by atoms with Crippen molar-refractivity contribution >= 4 is 17.1 Å². The molecular weight excluding hydrogens is 240 g/mol. The van der Waals surface area contributed by atoms with Crippen LogP contribution in [-0.2, 0) is 11.3 Å². The van der Waals surface area contributed by atoms with Crippen molar-refractivity contribution in [1.29, 1.82) is 0 Å². The molecule has 0 aromatic carbocycles. The quantitative estimate of drug-likeness (QED) is 0.723. The Kier molecular flexibility index (Phi) is 3.00. The fraction of sp³-hybridized carbons (Fsp3) is 0.400. The van der Waals surface area contributed by atoms with Crippen molar-refractivity contribution < 1.29 is 9.53 Å². The molecule has 0 spiro atoms. The predicted octanol–water partition coefficient (Wildman–Crippen LogP) is -0.391. The molecule has 0 fully saturated rings. The van der Waals surface area contributed by atoms with E-state index in [1.165, 1.54) is 4.57 Å². The second-order valence-electron chi connectivity index (χ2n) is 3.51. The lowest BCUT2D eigenvalue weighted by molar-refractivity contribution is 0.0513. The molecule has 0 amide bonds. The van der Waals surface area contributed by atoms with Gasteiger partial charge in [-0.1, -0.05) is 0 Å². The summed E-state index contributed by atoms with van der Waals surface area (Å²) in [6.07, 6.45) is 0. The zero-order valence-electron chi connectivity index (χ0n) is 9.94. The molecule has 0 saturated heterocycles. The van der Waals surface area contributed by atoms with Gasteiger partial charge in [-0.05, 0) is 13.8 Å². The minimum atomic E-state index is -0.664. The van der Waals surface area contributed by atoms with Gasteiger partial charge in [-0.25, -0.2) is 14.6 Å². The summed E-state index contributed by atoms with van der Waals surface area (Å²) in [5.74, 6) is -0.756. The lowest BCUT2D eigenvalue weighted by Crippen LogP contribution is -2.29. The van der Waals surface area contributed by atoms with E-state index >= 15 is 0 Å². The van der Waals surface area contributed by atoms with Gasteiger partial charge < -0.3 is 9.72 Å². The van der Waals surface area contributed by atoms with Crippen LogP contribution >= 0.6 is 0 Å². The maximum atomic E-state index is 11.6. The number of aryl methyl sites for hydroxylation is 1. The molecule has 0 aliphatic rings. The molecule has 2 rings (SSSR count). The van der Waals surface area contributed by atoms with Crippen LogP contribution in [0.15, 0.2) is 9.59 Å². The number of imidazole rings is 1. The van der Waals surface area contributed by atoms with Crippen molar-refractivity contribution in [1.82, 2.24) is 19.5 Å². The van der Waals surface area contributed by atoms with Crippen LogP contribution in [0.3, 0.4) is 0 Å². The largest absolute Gasteiger partial charge is 0.460 e. The third-order valence-electron chi connectivity index (χ3n) is 2.42. The third-order valence-corrected chi connectivity index (χ3v) is 2.42. The summed E-state index contributed by atoms with van der Waals surface area (Å²) in [7, 11) is 0. The molecule has 96 valence electrons.